The molecule has 0 amide bonds. The molecule has 0 N–H and O–H groups in total. The third-order valence-electron chi connectivity index (χ3n) is 4.40. The molecule has 0 aliphatic heterocycles. The van der Waals surface area contributed by atoms with E-state index in [-0.39, 0.29) is 5.43 Å². The van der Waals surface area contributed by atoms with E-state index in [9.17, 15) is 4.79 Å². The van der Waals surface area contributed by atoms with Crippen LogP contribution in [0.1, 0.15) is 16.7 Å². The molecule has 22 heavy (non-hydrogen) atoms. The molecule has 0 bridgehead atoms. The molecule has 1 nitrogen and oxygen atoms in total. The highest BCUT2D eigenvalue weighted by Crippen LogP contribution is 2.31. The highest BCUT2D eigenvalue weighted by molar-refractivity contribution is 7.24. The van der Waals surface area contributed by atoms with Crippen LogP contribution in [0.15, 0.2) is 47.3 Å². The van der Waals surface area contributed by atoms with Crippen molar-refractivity contribution in [2.45, 2.75) is 20.8 Å². The van der Waals surface area contributed by atoms with E-state index in [4.69, 9.17) is 0 Å². The largest absolute Gasteiger partial charge is 0.289 e. The van der Waals surface area contributed by atoms with Crippen molar-refractivity contribution in [2.75, 3.05) is 0 Å². The lowest BCUT2D eigenvalue weighted by atomic mass is 9.99. The Balaban J connectivity index is 2.27. The van der Waals surface area contributed by atoms with E-state index >= 15 is 0 Å². The van der Waals surface area contributed by atoms with E-state index in [1.54, 1.807) is 11.3 Å². The summed E-state index contributed by atoms with van der Waals surface area (Å²) in [6, 6.07) is 14.7. The fourth-order valence-electron chi connectivity index (χ4n) is 3.10. The topological polar surface area (TPSA) is 17.1 Å². The molecule has 0 aliphatic carbocycles. The lowest BCUT2D eigenvalue weighted by Crippen LogP contribution is -2.01. The second-order valence-electron chi connectivity index (χ2n) is 6.02. The highest BCUT2D eigenvalue weighted by atomic mass is 32.1. The van der Waals surface area contributed by atoms with Crippen molar-refractivity contribution < 1.29 is 0 Å². The molecule has 0 spiro atoms. The Morgan fingerprint density at radius 3 is 2.05 bits per heavy atom. The maximum Gasteiger partial charge on any atom is 0.195 e. The van der Waals surface area contributed by atoms with Crippen molar-refractivity contribution >= 4 is 42.3 Å². The van der Waals surface area contributed by atoms with Crippen molar-refractivity contribution in [3.8, 4) is 0 Å². The van der Waals surface area contributed by atoms with Crippen LogP contribution in [0, 0.1) is 20.8 Å². The van der Waals surface area contributed by atoms with Crippen LogP contribution in [-0.4, -0.2) is 0 Å². The van der Waals surface area contributed by atoms with Gasteiger partial charge in [-0.3, -0.25) is 4.79 Å². The van der Waals surface area contributed by atoms with Crippen LogP contribution < -0.4 is 5.43 Å². The summed E-state index contributed by atoms with van der Waals surface area (Å²) in [6.07, 6.45) is 0. The maximum absolute atomic E-state index is 12.9. The van der Waals surface area contributed by atoms with Crippen LogP contribution in [0.4, 0.5) is 0 Å². The molecule has 0 saturated carbocycles. The predicted molar refractivity (Wildman–Crippen MR) is 97.3 cm³/mol. The van der Waals surface area contributed by atoms with Crippen molar-refractivity contribution in [3.05, 3.63) is 69.4 Å². The van der Waals surface area contributed by atoms with Gasteiger partial charge < -0.3 is 0 Å². The first-order chi connectivity index (χ1) is 10.5. The number of aryl methyl sites for hydroxylation is 3. The Kier molecular flexibility index (Phi) is 2.85. The summed E-state index contributed by atoms with van der Waals surface area (Å²) >= 11 is 1.70. The summed E-state index contributed by atoms with van der Waals surface area (Å²) in [5.74, 6) is 0. The van der Waals surface area contributed by atoms with E-state index < -0.39 is 0 Å². The van der Waals surface area contributed by atoms with E-state index in [0.717, 1.165) is 25.7 Å². The Hall–Kier alpha value is -2.19. The first-order valence-electron chi connectivity index (χ1n) is 7.42. The van der Waals surface area contributed by atoms with Crippen LogP contribution in [0.25, 0.3) is 30.9 Å². The fourth-order valence-corrected chi connectivity index (χ4v) is 4.17. The molecular formula is C20H16OS. The zero-order chi connectivity index (χ0) is 15.4. The minimum absolute atomic E-state index is 0.148. The van der Waals surface area contributed by atoms with Gasteiger partial charge in [-0.15, -0.1) is 11.3 Å². The zero-order valence-corrected chi connectivity index (χ0v) is 13.7. The normalized spacial score (nSPS) is 11.6. The van der Waals surface area contributed by atoms with Gasteiger partial charge in [-0.2, -0.15) is 0 Å². The molecule has 0 aliphatic rings. The van der Waals surface area contributed by atoms with Gasteiger partial charge in [0.05, 0.1) is 0 Å². The Labute approximate surface area is 132 Å². The molecule has 0 fully saturated rings. The highest BCUT2D eigenvalue weighted by Gasteiger charge is 2.09. The second kappa shape index (κ2) is 4.65. The molecule has 1 heterocycles. The fraction of sp³-hybridized carbons (Fsp3) is 0.150. The summed E-state index contributed by atoms with van der Waals surface area (Å²) in [7, 11) is 0. The second-order valence-corrected chi connectivity index (χ2v) is 7.11. The first kappa shape index (κ1) is 13.5. The van der Waals surface area contributed by atoms with Crippen molar-refractivity contribution in [2.24, 2.45) is 0 Å². The van der Waals surface area contributed by atoms with Gasteiger partial charge in [-0.25, -0.2) is 0 Å². The maximum atomic E-state index is 12.9. The van der Waals surface area contributed by atoms with E-state index in [1.807, 2.05) is 13.0 Å². The SMILES string of the molecule is Cc1ccc2sc3cc4c(C)ccc(C)c4cc3c(=O)c2c1. The smallest absolute Gasteiger partial charge is 0.195 e. The molecule has 2 heteroatoms. The van der Waals surface area contributed by atoms with Crippen LogP contribution in [-0.2, 0) is 0 Å². The lowest BCUT2D eigenvalue weighted by molar-refractivity contribution is 1.47. The lowest BCUT2D eigenvalue weighted by Gasteiger charge is -2.08. The summed E-state index contributed by atoms with van der Waals surface area (Å²) < 4.78 is 2.13. The van der Waals surface area contributed by atoms with Crippen molar-refractivity contribution in [1.82, 2.24) is 0 Å². The predicted octanol–water partition coefficient (Wildman–Crippen LogP) is 5.49. The van der Waals surface area contributed by atoms with Crippen LogP contribution in [0.3, 0.4) is 0 Å². The van der Waals surface area contributed by atoms with Crippen molar-refractivity contribution in [3.63, 3.8) is 0 Å². The molecule has 4 aromatic rings. The van der Waals surface area contributed by atoms with Gasteiger partial charge in [0.1, 0.15) is 0 Å². The third kappa shape index (κ3) is 1.87. The van der Waals surface area contributed by atoms with Gasteiger partial charge >= 0.3 is 0 Å². The van der Waals surface area contributed by atoms with E-state index in [0.29, 0.717) is 0 Å². The number of hydrogen-bond donors (Lipinski definition) is 0. The Morgan fingerprint density at radius 2 is 1.32 bits per heavy atom. The summed E-state index contributed by atoms with van der Waals surface area (Å²) in [4.78, 5) is 12.9. The summed E-state index contributed by atoms with van der Waals surface area (Å²) in [6.45, 7) is 6.26. The van der Waals surface area contributed by atoms with Gasteiger partial charge in [0.15, 0.2) is 5.43 Å². The Bertz CT molecular complexity index is 1120. The minimum atomic E-state index is 0.148. The zero-order valence-electron chi connectivity index (χ0n) is 12.9. The van der Waals surface area contributed by atoms with Gasteiger partial charge in [0.2, 0.25) is 0 Å². The van der Waals surface area contributed by atoms with Gasteiger partial charge in [0.25, 0.3) is 0 Å². The van der Waals surface area contributed by atoms with Crippen LogP contribution in [0.5, 0.6) is 0 Å². The summed E-state index contributed by atoms with van der Waals surface area (Å²) in [5.41, 5.74) is 3.75. The number of rotatable bonds is 0. The van der Waals surface area contributed by atoms with Crippen LogP contribution in [0.2, 0.25) is 0 Å². The number of fused-ring (bicyclic) bond motifs is 3. The molecule has 0 radical (unpaired) electrons. The molecule has 108 valence electrons. The molecule has 0 atom stereocenters. The molecule has 4 rings (SSSR count). The molecule has 0 unspecified atom stereocenters. The van der Waals surface area contributed by atoms with E-state index in [1.165, 1.54) is 21.9 Å². The quantitative estimate of drug-likeness (QED) is 0.392. The van der Waals surface area contributed by atoms with Crippen LogP contribution >= 0.6 is 11.3 Å². The van der Waals surface area contributed by atoms with Gasteiger partial charge in [-0.05, 0) is 66.9 Å². The average molecular weight is 304 g/mol. The average Bonchev–Trinajstić information content (AvgIpc) is 2.51. The monoisotopic (exact) mass is 304 g/mol. The molecule has 0 saturated heterocycles. The summed E-state index contributed by atoms with van der Waals surface area (Å²) in [5, 5.41) is 4.10. The third-order valence-corrected chi connectivity index (χ3v) is 5.53. The van der Waals surface area contributed by atoms with Gasteiger partial charge in [-0.1, -0.05) is 23.8 Å². The first-order valence-corrected chi connectivity index (χ1v) is 8.23. The molecule has 1 aromatic heterocycles. The van der Waals surface area contributed by atoms with E-state index in [2.05, 4.69) is 50.2 Å². The minimum Gasteiger partial charge on any atom is -0.289 e. The Morgan fingerprint density at radius 1 is 0.682 bits per heavy atom. The van der Waals surface area contributed by atoms with Gasteiger partial charge in [0, 0.05) is 20.2 Å². The standard InChI is InChI=1S/C20H16OS/c1-11-4-7-18-16(8-11)20(21)17-9-14-12(2)5-6-13(3)15(14)10-19(17)22-18/h4-10H,1-3H3. The number of hydrogen-bond acceptors (Lipinski definition) is 2. The molecule has 3 aromatic carbocycles. The molecular weight excluding hydrogens is 288 g/mol. The number of benzene rings is 3. The van der Waals surface area contributed by atoms with Crippen molar-refractivity contribution in [1.29, 1.82) is 0 Å².